The second-order valence-electron chi connectivity index (χ2n) is 9.56. The van der Waals surface area contributed by atoms with Gasteiger partial charge in [-0.05, 0) is 29.9 Å². The summed E-state index contributed by atoms with van der Waals surface area (Å²) in [5, 5.41) is 12.6. The highest BCUT2D eigenvalue weighted by molar-refractivity contribution is 7.13. The third-order valence-corrected chi connectivity index (χ3v) is 7.31. The topological polar surface area (TPSA) is 82.5 Å². The zero-order valence-corrected chi connectivity index (χ0v) is 19.8. The van der Waals surface area contributed by atoms with Gasteiger partial charge in [0.25, 0.3) is 0 Å². The van der Waals surface area contributed by atoms with E-state index in [2.05, 4.69) is 10.3 Å². The molecule has 1 aromatic carbocycles. The number of benzene rings is 1. The first-order chi connectivity index (χ1) is 14.6. The van der Waals surface area contributed by atoms with Crippen molar-refractivity contribution in [2.75, 3.05) is 13.2 Å². The number of carbonyl (C=O) groups is 2. The first-order valence-electron chi connectivity index (χ1n) is 10.8. The molecule has 0 bridgehead atoms. The molecule has 1 unspecified atom stereocenters. The van der Waals surface area contributed by atoms with Gasteiger partial charge in [0.1, 0.15) is 6.04 Å². The Labute approximate surface area is 188 Å². The van der Waals surface area contributed by atoms with Crippen LogP contribution in [0.1, 0.15) is 45.4 Å². The van der Waals surface area contributed by atoms with Crippen LogP contribution in [0, 0.1) is 24.2 Å². The van der Waals surface area contributed by atoms with Gasteiger partial charge < -0.3 is 15.3 Å². The van der Waals surface area contributed by atoms with Crippen molar-refractivity contribution in [3.05, 3.63) is 41.0 Å². The highest BCUT2D eigenvalue weighted by Gasteiger charge is 2.42. The molecule has 0 spiro atoms. The van der Waals surface area contributed by atoms with Crippen molar-refractivity contribution < 1.29 is 14.7 Å². The number of thiazole rings is 1. The van der Waals surface area contributed by atoms with Gasteiger partial charge in [-0.2, -0.15) is 0 Å². The number of rotatable bonds is 6. The molecule has 0 aliphatic carbocycles. The van der Waals surface area contributed by atoms with Crippen LogP contribution in [0.15, 0.2) is 29.8 Å². The molecule has 0 saturated carbocycles. The van der Waals surface area contributed by atoms with E-state index in [-0.39, 0.29) is 35.7 Å². The van der Waals surface area contributed by atoms with E-state index >= 15 is 0 Å². The average Bonchev–Trinajstić information content (AvgIpc) is 3.37. The van der Waals surface area contributed by atoms with Gasteiger partial charge in [-0.15, -0.1) is 11.3 Å². The number of aryl methyl sites for hydroxylation is 1. The number of likely N-dealkylation sites (tertiary alicyclic amines) is 1. The summed E-state index contributed by atoms with van der Waals surface area (Å²) in [6, 6.07) is 7.56. The minimum atomic E-state index is -0.534. The van der Waals surface area contributed by atoms with E-state index in [0.29, 0.717) is 19.5 Å². The fourth-order valence-corrected chi connectivity index (χ4v) is 4.64. The zero-order valence-electron chi connectivity index (χ0n) is 19.0. The van der Waals surface area contributed by atoms with Crippen molar-refractivity contribution in [3.63, 3.8) is 0 Å². The van der Waals surface area contributed by atoms with Crippen molar-refractivity contribution in [2.24, 2.45) is 17.3 Å². The summed E-state index contributed by atoms with van der Waals surface area (Å²) in [6.45, 7) is 10.8. The Bertz CT molecular complexity index is 917. The van der Waals surface area contributed by atoms with Crippen LogP contribution in [-0.4, -0.2) is 46.0 Å². The van der Waals surface area contributed by atoms with Gasteiger partial charge in [0.15, 0.2) is 0 Å². The second kappa shape index (κ2) is 9.49. The minimum absolute atomic E-state index is 0.0179. The molecule has 6 nitrogen and oxygen atoms in total. The molecule has 2 N–H and O–H groups in total. The van der Waals surface area contributed by atoms with Gasteiger partial charge in [-0.3, -0.25) is 9.59 Å². The van der Waals surface area contributed by atoms with Crippen LogP contribution in [-0.2, 0) is 16.1 Å². The standard InChI is InChI=1S/C24H33N3O3S/c1-15(24(3,4)5)23(30)27-12-18(13-28)10-20(27)22(29)25-11-17-6-8-19(9-7-17)21-16(2)26-14-31-21/h6-9,14-15,18,20,28H,10-13H2,1-5H3,(H,25,29)/t15?,18-,20+/m1/s1. The van der Waals surface area contributed by atoms with E-state index in [1.807, 2.05) is 64.4 Å². The number of hydrogen-bond acceptors (Lipinski definition) is 5. The fourth-order valence-electron chi connectivity index (χ4n) is 3.83. The van der Waals surface area contributed by atoms with Crippen LogP contribution in [0.25, 0.3) is 10.4 Å². The van der Waals surface area contributed by atoms with Crippen LogP contribution >= 0.6 is 11.3 Å². The van der Waals surface area contributed by atoms with E-state index in [1.54, 1.807) is 16.2 Å². The summed E-state index contributed by atoms with van der Waals surface area (Å²) < 4.78 is 0. The summed E-state index contributed by atoms with van der Waals surface area (Å²) in [7, 11) is 0. The molecule has 0 radical (unpaired) electrons. The van der Waals surface area contributed by atoms with Crippen LogP contribution in [0.2, 0.25) is 0 Å². The Kier molecular flexibility index (Phi) is 7.17. The van der Waals surface area contributed by atoms with Crippen LogP contribution < -0.4 is 5.32 Å². The van der Waals surface area contributed by atoms with E-state index in [9.17, 15) is 14.7 Å². The number of aliphatic hydroxyl groups is 1. The van der Waals surface area contributed by atoms with Gasteiger partial charge in [0, 0.05) is 31.5 Å². The normalized spacial score (nSPS) is 20.0. The van der Waals surface area contributed by atoms with Crippen molar-refractivity contribution in [1.29, 1.82) is 0 Å². The molecule has 168 valence electrons. The number of amides is 2. The minimum Gasteiger partial charge on any atom is -0.396 e. The molecular weight excluding hydrogens is 410 g/mol. The van der Waals surface area contributed by atoms with Gasteiger partial charge >= 0.3 is 0 Å². The molecular formula is C24H33N3O3S. The van der Waals surface area contributed by atoms with Crippen molar-refractivity contribution in [3.8, 4) is 10.4 Å². The quantitative estimate of drug-likeness (QED) is 0.714. The number of aromatic nitrogens is 1. The molecule has 1 aliphatic rings. The largest absolute Gasteiger partial charge is 0.396 e. The molecule has 3 rings (SSSR count). The Hall–Kier alpha value is -2.25. The lowest BCUT2D eigenvalue weighted by Gasteiger charge is -2.33. The fraction of sp³-hybridized carbons (Fsp3) is 0.542. The second-order valence-corrected chi connectivity index (χ2v) is 10.4. The summed E-state index contributed by atoms with van der Waals surface area (Å²) in [6.07, 6.45) is 0.495. The molecule has 3 atom stereocenters. The maximum Gasteiger partial charge on any atom is 0.243 e. The third kappa shape index (κ3) is 5.33. The summed E-state index contributed by atoms with van der Waals surface area (Å²) >= 11 is 1.61. The molecule has 31 heavy (non-hydrogen) atoms. The Morgan fingerprint density at radius 1 is 1.29 bits per heavy atom. The monoisotopic (exact) mass is 443 g/mol. The zero-order chi connectivity index (χ0) is 22.8. The first kappa shape index (κ1) is 23.4. The Balaban J connectivity index is 1.65. The van der Waals surface area contributed by atoms with Crippen molar-refractivity contribution in [1.82, 2.24) is 15.2 Å². The highest BCUT2D eigenvalue weighted by Crippen LogP contribution is 2.32. The number of carbonyl (C=O) groups excluding carboxylic acids is 2. The summed E-state index contributed by atoms with van der Waals surface area (Å²) in [4.78, 5) is 33.2. The number of aliphatic hydroxyl groups excluding tert-OH is 1. The lowest BCUT2D eigenvalue weighted by molar-refractivity contribution is -0.143. The molecule has 2 aromatic rings. The lowest BCUT2D eigenvalue weighted by atomic mass is 9.81. The molecule has 7 heteroatoms. The van der Waals surface area contributed by atoms with E-state index in [0.717, 1.165) is 21.7 Å². The maximum absolute atomic E-state index is 13.1. The highest BCUT2D eigenvalue weighted by atomic mass is 32.1. The number of hydrogen-bond donors (Lipinski definition) is 2. The van der Waals surface area contributed by atoms with Crippen molar-refractivity contribution in [2.45, 2.75) is 53.6 Å². The van der Waals surface area contributed by atoms with Gasteiger partial charge in [-0.25, -0.2) is 4.98 Å². The molecule has 2 heterocycles. The molecule has 1 fully saturated rings. The first-order valence-corrected chi connectivity index (χ1v) is 11.7. The van der Waals surface area contributed by atoms with E-state index in [4.69, 9.17) is 0 Å². The molecule has 1 aromatic heterocycles. The van der Waals surface area contributed by atoms with Crippen LogP contribution in [0.5, 0.6) is 0 Å². The van der Waals surface area contributed by atoms with Gasteiger partial charge in [-0.1, -0.05) is 52.0 Å². The van der Waals surface area contributed by atoms with Crippen LogP contribution in [0.3, 0.4) is 0 Å². The van der Waals surface area contributed by atoms with Crippen molar-refractivity contribution >= 4 is 23.2 Å². The maximum atomic E-state index is 13.1. The predicted molar refractivity (Wildman–Crippen MR) is 123 cm³/mol. The smallest absolute Gasteiger partial charge is 0.243 e. The number of nitrogens with one attached hydrogen (secondary N) is 1. The Morgan fingerprint density at radius 3 is 2.52 bits per heavy atom. The number of nitrogens with zero attached hydrogens (tertiary/aromatic N) is 2. The summed E-state index contributed by atoms with van der Waals surface area (Å²) in [5.74, 6) is -0.447. The summed E-state index contributed by atoms with van der Waals surface area (Å²) in [5.41, 5.74) is 4.78. The van der Waals surface area contributed by atoms with E-state index < -0.39 is 6.04 Å². The van der Waals surface area contributed by atoms with Gasteiger partial charge in [0.2, 0.25) is 11.8 Å². The Morgan fingerprint density at radius 2 is 1.97 bits per heavy atom. The molecule has 2 amide bonds. The van der Waals surface area contributed by atoms with Gasteiger partial charge in [0.05, 0.1) is 16.1 Å². The molecule has 1 aliphatic heterocycles. The average molecular weight is 444 g/mol. The van der Waals surface area contributed by atoms with E-state index in [1.165, 1.54) is 0 Å². The lowest BCUT2D eigenvalue weighted by Crippen LogP contribution is -2.49. The predicted octanol–water partition coefficient (Wildman–Crippen LogP) is 3.63. The SMILES string of the molecule is Cc1ncsc1-c1ccc(CNC(=O)[C@@H]2C[C@@H](CO)CN2C(=O)C(C)C(C)(C)C)cc1. The molecule has 1 saturated heterocycles. The third-order valence-electron chi connectivity index (χ3n) is 6.33. The van der Waals surface area contributed by atoms with Crippen LogP contribution in [0.4, 0.5) is 0 Å².